The van der Waals surface area contributed by atoms with Crippen LogP contribution < -0.4 is 4.72 Å². The van der Waals surface area contributed by atoms with E-state index < -0.39 is 10.0 Å². The molecule has 0 radical (unpaired) electrons. The lowest BCUT2D eigenvalue weighted by atomic mass is 10.0. The number of sulfonamides is 1. The van der Waals surface area contributed by atoms with Gasteiger partial charge in [0.15, 0.2) is 0 Å². The largest absolute Gasteiger partial charge is 0.339 e. The van der Waals surface area contributed by atoms with E-state index in [1.54, 1.807) is 18.7 Å². The number of benzene rings is 1. The maximum Gasteiger partial charge on any atom is 0.255 e. The number of rotatable bonds is 9. The molecule has 5 nitrogen and oxygen atoms in total. The second-order valence-corrected chi connectivity index (χ2v) is 8.57. The van der Waals surface area contributed by atoms with Gasteiger partial charge in [0.2, 0.25) is 10.0 Å². The fraction of sp³-hybridized carbons (Fsp3) is 0.611. The van der Waals surface area contributed by atoms with Crippen LogP contribution in [0.15, 0.2) is 23.1 Å². The van der Waals surface area contributed by atoms with Crippen LogP contribution in [0.5, 0.6) is 0 Å². The zero-order valence-electron chi connectivity index (χ0n) is 15.7. The molecule has 1 N–H and O–H groups in total. The smallest absolute Gasteiger partial charge is 0.255 e. The zero-order valence-corrected chi connectivity index (χ0v) is 17.2. The van der Waals surface area contributed by atoms with E-state index >= 15 is 0 Å². The number of carbonyl (C=O) groups is 1. The van der Waals surface area contributed by atoms with E-state index in [9.17, 15) is 13.2 Å². The minimum absolute atomic E-state index is 0.0486. The predicted molar refractivity (Wildman–Crippen MR) is 103 cm³/mol. The Hall–Kier alpha value is -1.11. The highest BCUT2D eigenvalue weighted by Gasteiger charge is 2.23. The molecule has 1 amide bonds. The van der Waals surface area contributed by atoms with Gasteiger partial charge in [0.05, 0.1) is 15.5 Å². The molecule has 0 fully saturated rings. The van der Waals surface area contributed by atoms with Gasteiger partial charge in [-0.3, -0.25) is 4.79 Å². The number of carbonyl (C=O) groups excluding carboxylic acids is 1. The van der Waals surface area contributed by atoms with E-state index in [0.29, 0.717) is 19.0 Å². The molecule has 0 aromatic heterocycles. The molecular formula is C18H29ClN2O3S. The highest BCUT2D eigenvalue weighted by Crippen LogP contribution is 2.23. The van der Waals surface area contributed by atoms with Crippen LogP contribution in [0.2, 0.25) is 5.02 Å². The zero-order chi connectivity index (χ0) is 19.2. The van der Waals surface area contributed by atoms with E-state index in [-0.39, 0.29) is 27.4 Å². The molecule has 0 heterocycles. The number of amides is 1. The summed E-state index contributed by atoms with van der Waals surface area (Å²) in [6.07, 6.45) is 1.97. The molecule has 0 aliphatic rings. The molecule has 0 atom stereocenters. The van der Waals surface area contributed by atoms with Gasteiger partial charge in [-0.05, 0) is 44.9 Å². The normalized spacial score (nSPS) is 12.0. The van der Waals surface area contributed by atoms with Crippen molar-refractivity contribution in [3.8, 4) is 0 Å². The second kappa shape index (κ2) is 9.55. The van der Waals surface area contributed by atoms with E-state index in [0.717, 1.165) is 12.8 Å². The lowest BCUT2D eigenvalue weighted by Crippen LogP contribution is -2.35. The first-order valence-electron chi connectivity index (χ1n) is 8.77. The third kappa shape index (κ3) is 5.97. The van der Waals surface area contributed by atoms with Crippen molar-refractivity contribution in [2.45, 2.75) is 58.4 Å². The summed E-state index contributed by atoms with van der Waals surface area (Å²) in [6.45, 7) is 10.8. The van der Waals surface area contributed by atoms with Gasteiger partial charge >= 0.3 is 0 Å². The summed E-state index contributed by atoms with van der Waals surface area (Å²) < 4.78 is 27.2. The second-order valence-electron chi connectivity index (χ2n) is 6.44. The molecule has 7 heteroatoms. The van der Waals surface area contributed by atoms with Gasteiger partial charge in [0.1, 0.15) is 0 Å². The fourth-order valence-corrected chi connectivity index (χ4v) is 4.07. The molecule has 0 saturated carbocycles. The van der Waals surface area contributed by atoms with E-state index in [4.69, 9.17) is 11.6 Å². The first kappa shape index (κ1) is 21.9. The summed E-state index contributed by atoms with van der Waals surface area (Å²) >= 11 is 6.19. The summed E-state index contributed by atoms with van der Waals surface area (Å²) in [5.74, 6) is 0.179. The Bertz CT molecular complexity index is 686. The number of hydrogen-bond donors (Lipinski definition) is 1. The first-order chi connectivity index (χ1) is 11.7. The third-order valence-corrected chi connectivity index (χ3v) is 6.16. The average molecular weight is 389 g/mol. The van der Waals surface area contributed by atoms with Gasteiger partial charge in [0.25, 0.3) is 5.91 Å². The lowest BCUT2D eigenvalue weighted by molar-refractivity contribution is 0.0735. The van der Waals surface area contributed by atoms with Crippen LogP contribution in [0.4, 0.5) is 0 Å². The van der Waals surface area contributed by atoms with Crippen LogP contribution >= 0.6 is 11.6 Å². The summed E-state index contributed by atoms with van der Waals surface area (Å²) in [4.78, 5) is 14.7. The van der Waals surface area contributed by atoms with Gasteiger partial charge < -0.3 is 4.90 Å². The van der Waals surface area contributed by atoms with Crippen molar-refractivity contribution in [1.82, 2.24) is 9.62 Å². The lowest BCUT2D eigenvalue weighted by Gasteiger charge is -2.26. The SMILES string of the molecule is CCC(CC)CN(CC)C(=O)c1cc(S(=O)(=O)NC(C)C)ccc1Cl. The van der Waals surface area contributed by atoms with Gasteiger partial charge in [0, 0.05) is 19.1 Å². The maximum atomic E-state index is 12.9. The van der Waals surface area contributed by atoms with Crippen LogP contribution in [0.25, 0.3) is 0 Å². The van der Waals surface area contributed by atoms with Crippen molar-refractivity contribution in [3.05, 3.63) is 28.8 Å². The summed E-state index contributed by atoms with van der Waals surface area (Å²) in [7, 11) is -3.68. The Morgan fingerprint density at radius 1 is 1.20 bits per heavy atom. The summed E-state index contributed by atoms with van der Waals surface area (Å²) in [5.41, 5.74) is 0.223. The summed E-state index contributed by atoms with van der Waals surface area (Å²) in [5, 5.41) is 0.261. The van der Waals surface area contributed by atoms with Crippen molar-refractivity contribution in [2.75, 3.05) is 13.1 Å². The van der Waals surface area contributed by atoms with Crippen molar-refractivity contribution in [3.63, 3.8) is 0 Å². The molecular weight excluding hydrogens is 360 g/mol. The molecule has 1 aromatic carbocycles. The number of nitrogens with zero attached hydrogens (tertiary/aromatic N) is 1. The standard InChI is InChI=1S/C18H29ClN2O3S/c1-6-14(7-2)12-21(8-3)18(22)16-11-15(9-10-17(16)19)25(23,24)20-13(4)5/h9-11,13-14,20H,6-8,12H2,1-5H3. The molecule has 0 aliphatic carbocycles. The highest BCUT2D eigenvalue weighted by atomic mass is 35.5. The molecule has 1 aromatic rings. The van der Waals surface area contributed by atoms with Gasteiger partial charge in [-0.15, -0.1) is 0 Å². The van der Waals surface area contributed by atoms with Crippen molar-refractivity contribution >= 4 is 27.5 Å². The Morgan fingerprint density at radius 3 is 2.28 bits per heavy atom. The summed E-state index contributed by atoms with van der Waals surface area (Å²) in [6, 6.07) is 4.02. The van der Waals surface area contributed by atoms with E-state index in [1.807, 2.05) is 6.92 Å². The highest BCUT2D eigenvalue weighted by molar-refractivity contribution is 7.89. The molecule has 25 heavy (non-hydrogen) atoms. The Labute approximate surface area is 156 Å². The fourth-order valence-electron chi connectivity index (χ4n) is 2.60. The van der Waals surface area contributed by atoms with Crippen molar-refractivity contribution < 1.29 is 13.2 Å². The van der Waals surface area contributed by atoms with Gasteiger partial charge in [-0.25, -0.2) is 13.1 Å². The predicted octanol–water partition coefficient (Wildman–Crippen LogP) is 3.93. The minimum atomic E-state index is -3.68. The Morgan fingerprint density at radius 2 is 1.80 bits per heavy atom. The monoisotopic (exact) mass is 388 g/mol. The number of hydrogen-bond acceptors (Lipinski definition) is 3. The Balaban J connectivity index is 3.19. The van der Waals surface area contributed by atoms with Crippen LogP contribution in [0.1, 0.15) is 57.8 Å². The molecule has 1 rings (SSSR count). The molecule has 0 unspecified atom stereocenters. The van der Waals surface area contributed by atoms with Crippen LogP contribution in [0.3, 0.4) is 0 Å². The van der Waals surface area contributed by atoms with Crippen molar-refractivity contribution in [2.24, 2.45) is 5.92 Å². The average Bonchev–Trinajstić information content (AvgIpc) is 2.54. The Kier molecular flexibility index (Phi) is 8.38. The van der Waals surface area contributed by atoms with Gasteiger partial charge in [-0.2, -0.15) is 0 Å². The van der Waals surface area contributed by atoms with Crippen LogP contribution in [0, 0.1) is 5.92 Å². The quantitative estimate of drug-likeness (QED) is 0.697. The topological polar surface area (TPSA) is 66.5 Å². The van der Waals surface area contributed by atoms with E-state index in [2.05, 4.69) is 18.6 Å². The molecule has 0 bridgehead atoms. The molecule has 142 valence electrons. The first-order valence-corrected chi connectivity index (χ1v) is 10.6. The number of nitrogens with one attached hydrogen (secondary N) is 1. The van der Waals surface area contributed by atoms with Crippen LogP contribution in [-0.4, -0.2) is 38.4 Å². The molecule has 0 spiro atoms. The maximum absolute atomic E-state index is 12.9. The van der Waals surface area contributed by atoms with Gasteiger partial charge in [-0.1, -0.05) is 38.3 Å². The van der Waals surface area contributed by atoms with Crippen molar-refractivity contribution in [1.29, 1.82) is 0 Å². The molecule has 0 aliphatic heterocycles. The van der Waals surface area contributed by atoms with E-state index in [1.165, 1.54) is 18.2 Å². The third-order valence-electron chi connectivity index (χ3n) is 4.17. The van der Waals surface area contributed by atoms with Crippen LogP contribution in [-0.2, 0) is 10.0 Å². The number of halogens is 1. The minimum Gasteiger partial charge on any atom is -0.339 e. The molecule has 0 saturated heterocycles.